The first-order chi connectivity index (χ1) is 14.2. The zero-order chi connectivity index (χ0) is 20.5. The van der Waals surface area contributed by atoms with Gasteiger partial charge in [0, 0.05) is 50.8 Å². The third-order valence-electron chi connectivity index (χ3n) is 5.90. The van der Waals surface area contributed by atoms with Crippen LogP contribution in [0.25, 0.3) is 0 Å². The van der Waals surface area contributed by atoms with Gasteiger partial charge in [-0.1, -0.05) is 30.7 Å². The molecular formula is C22H37ClIN5O. The van der Waals surface area contributed by atoms with E-state index in [1.165, 1.54) is 44.5 Å². The summed E-state index contributed by atoms with van der Waals surface area (Å²) in [5, 5.41) is 7.98. The summed E-state index contributed by atoms with van der Waals surface area (Å²) < 4.78 is 5.55. The van der Waals surface area contributed by atoms with Crippen molar-refractivity contribution in [3.05, 3.63) is 34.9 Å². The third-order valence-corrected chi connectivity index (χ3v) is 6.15. The van der Waals surface area contributed by atoms with Crippen LogP contribution in [0.15, 0.2) is 29.3 Å². The summed E-state index contributed by atoms with van der Waals surface area (Å²) in [6.07, 6.45) is 3.57. The lowest BCUT2D eigenvalue weighted by atomic mass is 10.0. The number of benzene rings is 1. The number of nitrogens with zero attached hydrogens (tertiary/aromatic N) is 3. The fourth-order valence-corrected chi connectivity index (χ4v) is 4.36. The number of aliphatic imine (C=N–C) groups is 1. The van der Waals surface area contributed by atoms with Crippen molar-refractivity contribution in [1.29, 1.82) is 0 Å². The molecule has 2 aliphatic heterocycles. The molecule has 2 N–H and O–H groups in total. The first kappa shape index (κ1) is 25.6. The van der Waals surface area contributed by atoms with Crippen molar-refractivity contribution in [2.24, 2.45) is 4.99 Å². The summed E-state index contributed by atoms with van der Waals surface area (Å²) in [6, 6.07) is 8.96. The molecule has 0 saturated carbocycles. The van der Waals surface area contributed by atoms with E-state index in [-0.39, 0.29) is 30.0 Å². The van der Waals surface area contributed by atoms with Crippen molar-refractivity contribution in [2.45, 2.75) is 38.3 Å². The first-order valence-corrected chi connectivity index (χ1v) is 11.3. The van der Waals surface area contributed by atoms with Crippen molar-refractivity contribution in [1.82, 2.24) is 20.4 Å². The van der Waals surface area contributed by atoms with E-state index in [2.05, 4.69) is 44.5 Å². The molecule has 0 bridgehead atoms. The van der Waals surface area contributed by atoms with Gasteiger partial charge in [-0.3, -0.25) is 9.89 Å². The van der Waals surface area contributed by atoms with E-state index in [4.69, 9.17) is 16.3 Å². The second kappa shape index (κ2) is 13.7. The van der Waals surface area contributed by atoms with Crippen molar-refractivity contribution in [2.75, 3.05) is 59.5 Å². The summed E-state index contributed by atoms with van der Waals surface area (Å²) in [5.74, 6) is 0.895. The number of nitrogens with one attached hydrogen (secondary N) is 2. The van der Waals surface area contributed by atoms with Crippen LogP contribution in [-0.4, -0.2) is 81.3 Å². The quantitative estimate of drug-likeness (QED) is 0.310. The van der Waals surface area contributed by atoms with E-state index in [0.717, 1.165) is 43.8 Å². The smallest absolute Gasteiger partial charge is 0.191 e. The summed E-state index contributed by atoms with van der Waals surface area (Å²) in [4.78, 5) is 9.52. The number of rotatable bonds is 7. The number of hydrogen-bond acceptors (Lipinski definition) is 4. The van der Waals surface area contributed by atoms with Crippen LogP contribution in [0.2, 0.25) is 5.02 Å². The van der Waals surface area contributed by atoms with Crippen molar-refractivity contribution < 1.29 is 4.74 Å². The zero-order valence-corrected chi connectivity index (χ0v) is 21.4. The Kier molecular flexibility index (Phi) is 11.7. The van der Waals surface area contributed by atoms with Gasteiger partial charge in [-0.15, -0.1) is 24.0 Å². The molecular weight excluding hydrogens is 513 g/mol. The number of guanidine groups is 1. The number of likely N-dealkylation sites (tertiary alicyclic amines) is 1. The lowest BCUT2D eigenvalue weighted by Gasteiger charge is -2.36. The molecule has 2 aliphatic rings. The van der Waals surface area contributed by atoms with Gasteiger partial charge in [0.25, 0.3) is 0 Å². The van der Waals surface area contributed by atoms with E-state index < -0.39 is 0 Å². The lowest BCUT2D eigenvalue weighted by Crippen LogP contribution is -2.51. The molecule has 0 spiro atoms. The van der Waals surface area contributed by atoms with E-state index in [1.54, 1.807) is 0 Å². The van der Waals surface area contributed by atoms with Crippen LogP contribution in [-0.2, 0) is 4.74 Å². The SMILES string of the molecule is CCCN1CCC(NC(=NC)NCC(c2ccc(Cl)cc2)N2CCOCC2)CC1.I. The number of ether oxygens (including phenoxy) is 1. The molecule has 1 aromatic rings. The molecule has 2 heterocycles. The molecule has 2 fully saturated rings. The minimum Gasteiger partial charge on any atom is -0.379 e. The fourth-order valence-electron chi connectivity index (χ4n) is 4.23. The molecule has 1 aromatic carbocycles. The average Bonchev–Trinajstić information content (AvgIpc) is 2.76. The molecule has 30 heavy (non-hydrogen) atoms. The Labute approximate surface area is 203 Å². The van der Waals surface area contributed by atoms with Gasteiger partial charge in [-0.25, -0.2) is 0 Å². The van der Waals surface area contributed by atoms with Crippen LogP contribution in [0.5, 0.6) is 0 Å². The maximum Gasteiger partial charge on any atom is 0.191 e. The molecule has 1 atom stereocenters. The van der Waals surface area contributed by atoms with Gasteiger partial charge in [0.15, 0.2) is 5.96 Å². The van der Waals surface area contributed by atoms with Crippen molar-refractivity contribution >= 4 is 41.5 Å². The minimum absolute atomic E-state index is 0. The Morgan fingerprint density at radius 1 is 1.17 bits per heavy atom. The zero-order valence-electron chi connectivity index (χ0n) is 18.3. The van der Waals surface area contributed by atoms with Crippen LogP contribution >= 0.6 is 35.6 Å². The summed E-state index contributed by atoms with van der Waals surface area (Å²) >= 11 is 6.11. The predicted molar refractivity (Wildman–Crippen MR) is 136 cm³/mol. The molecule has 0 aromatic heterocycles. The van der Waals surface area contributed by atoms with Gasteiger partial charge in [-0.2, -0.15) is 0 Å². The van der Waals surface area contributed by atoms with Crippen LogP contribution < -0.4 is 10.6 Å². The number of hydrogen-bond donors (Lipinski definition) is 2. The molecule has 170 valence electrons. The highest BCUT2D eigenvalue weighted by Crippen LogP contribution is 2.23. The van der Waals surface area contributed by atoms with Crippen LogP contribution in [0, 0.1) is 0 Å². The lowest BCUT2D eigenvalue weighted by molar-refractivity contribution is 0.0170. The van der Waals surface area contributed by atoms with Crippen molar-refractivity contribution in [3.8, 4) is 0 Å². The fraction of sp³-hybridized carbons (Fsp3) is 0.682. The number of piperidine rings is 1. The standard InChI is InChI=1S/C22H36ClN5O.HI/c1-3-10-27-11-8-20(9-12-27)26-22(24-2)25-17-21(28-13-15-29-16-14-28)18-4-6-19(23)7-5-18;/h4-7,20-21H,3,8-17H2,1-2H3,(H2,24,25,26);1H. The summed E-state index contributed by atoms with van der Waals surface area (Å²) in [7, 11) is 1.85. The predicted octanol–water partition coefficient (Wildman–Crippen LogP) is 3.37. The average molecular weight is 550 g/mol. The van der Waals surface area contributed by atoms with E-state index in [9.17, 15) is 0 Å². The second-order valence-corrected chi connectivity index (χ2v) is 8.37. The molecule has 3 rings (SSSR count). The monoisotopic (exact) mass is 549 g/mol. The van der Waals surface area contributed by atoms with E-state index >= 15 is 0 Å². The maximum absolute atomic E-state index is 6.11. The molecule has 2 saturated heterocycles. The summed E-state index contributed by atoms with van der Waals surface area (Å²) in [5.41, 5.74) is 1.27. The molecule has 0 amide bonds. The maximum atomic E-state index is 6.11. The summed E-state index contributed by atoms with van der Waals surface area (Å²) in [6.45, 7) is 10.1. The van der Waals surface area contributed by atoms with Crippen LogP contribution in [0.3, 0.4) is 0 Å². The molecule has 0 aliphatic carbocycles. The minimum atomic E-state index is 0. The van der Waals surface area contributed by atoms with Gasteiger partial charge in [0.2, 0.25) is 0 Å². The highest BCUT2D eigenvalue weighted by Gasteiger charge is 2.24. The largest absolute Gasteiger partial charge is 0.379 e. The van der Waals surface area contributed by atoms with Gasteiger partial charge in [0.05, 0.1) is 19.3 Å². The normalized spacial score (nSPS) is 20.4. The van der Waals surface area contributed by atoms with E-state index in [1.807, 2.05) is 19.2 Å². The van der Waals surface area contributed by atoms with Crippen molar-refractivity contribution in [3.63, 3.8) is 0 Å². The Hall–Kier alpha value is -0.610. The highest BCUT2D eigenvalue weighted by atomic mass is 127. The van der Waals surface area contributed by atoms with Crippen LogP contribution in [0.1, 0.15) is 37.8 Å². The molecule has 1 unspecified atom stereocenters. The van der Waals surface area contributed by atoms with Gasteiger partial charge in [-0.05, 0) is 43.5 Å². The topological polar surface area (TPSA) is 52.1 Å². The molecule has 6 nitrogen and oxygen atoms in total. The highest BCUT2D eigenvalue weighted by molar-refractivity contribution is 14.0. The third kappa shape index (κ3) is 7.82. The van der Waals surface area contributed by atoms with Gasteiger partial charge >= 0.3 is 0 Å². The Balaban J connectivity index is 0.00000320. The number of halogens is 2. The molecule has 8 heteroatoms. The Bertz CT molecular complexity index is 631. The van der Waals surface area contributed by atoms with E-state index in [0.29, 0.717) is 6.04 Å². The number of morpholine rings is 1. The Morgan fingerprint density at radius 2 is 1.83 bits per heavy atom. The van der Waals surface area contributed by atoms with Gasteiger partial charge in [0.1, 0.15) is 0 Å². The van der Waals surface area contributed by atoms with Crippen LogP contribution in [0.4, 0.5) is 0 Å². The Morgan fingerprint density at radius 3 is 2.43 bits per heavy atom. The first-order valence-electron chi connectivity index (χ1n) is 11.0. The second-order valence-electron chi connectivity index (χ2n) is 7.93. The molecule has 0 radical (unpaired) electrons. The van der Waals surface area contributed by atoms with Gasteiger partial charge < -0.3 is 20.3 Å².